The van der Waals surface area contributed by atoms with Gasteiger partial charge in [0.2, 0.25) is 11.8 Å². The fourth-order valence-corrected chi connectivity index (χ4v) is 4.87. The van der Waals surface area contributed by atoms with Crippen molar-refractivity contribution in [2.45, 2.75) is 11.8 Å². The van der Waals surface area contributed by atoms with E-state index >= 15 is 0 Å². The quantitative estimate of drug-likeness (QED) is 0.195. The first-order chi connectivity index (χ1) is 21.5. The monoisotopic (exact) mass is 582 g/mol. The van der Waals surface area contributed by atoms with Gasteiger partial charge in [0.15, 0.2) is 0 Å². The third-order valence-corrected chi connectivity index (χ3v) is 7.06. The lowest BCUT2D eigenvalue weighted by Crippen LogP contribution is -2.44. The molecule has 0 saturated heterocycles. The van der Waals surface area contributed by atoms with E-state index in [1.54, 1.807) is 0 Å². The summed E-state index contributed by atoms with van der Waals surface area (Å²) in [5, 5.41) is 0. The van der Waals surface area contributed by atoms with E-state index in [4.69, 9.17) is 0 Å². The van der Waals surface area contributed by atoms with Crippen LogP contribution in [0.1, 0.15) is 54.8 Å². The topological polar surface area (TPSA) is 116 Å². The summed E-state index contributed by atoms with van der Waals surface area (Å²) in [6, 6.07) is 43.0. The van der Waals surface area contributed by atoms with Crippen LogP contribution in [0.5, 0.6) is 0 Å². The van der Waals surface area contributed by atoms with Gasteiger partial charge >= 0.3 is 0 Å². The maximum Gasteiger partial charge on any atom is 0.269 e. The number of carbonyl (C=O) groups is 4. The van der Waals surface area contributed by atoms with Crippen LogP contribution in [0.4, 0.5) is 0 Å². The molecule has 0 heterocycles. The van der Waals surface area contributed by atoms with Gasteiger partial charge in [0, 0.05) is 11.1 Å². The zero-order valence-electron chi connectivity index (χ0n) is 23.6. The molecule has 8 nitrogen and oxygen atoms in total. The minimum Gasteiger partial charge on any atom is -0.272 e. The van der Waals surface area contributed by atoms with Gasteiger partial charge in [-0.25, -0.2) is 0 Å². The minimum absolute atomic E-state index is 0.232. The van der Waals surface area contributed by atoms with E-state index in [0.717, 1.165) is 22.3 Å². The van der Waals surface area contributed by atoms with E-state index in [-0.39, 0.29) is 11.1 Å². The number of nitrogens with one attached hydrogen (secondary N) is 4. The highest BCUT2D eigenvalue weighted by Gasteiger charge is 2.24. The number of hydrazine groups is 2. The van der Waals surface area contributed by atoms with Gasteiger partial charge in [0.05, 0.1) is 11.8 Å². The zero-order chi connectivity index (χ0) is 30.7. The molecule has 44 heavy (non-hydrogen) atoms. The second-order valence-corrected chi connectivity index (χ2v) is 9.97. The van der Waals surface area contributed by atoms with Crippen LogP contribution in [0.2, 0.25) is 0 Å². The van der Waals surface area contributed by atoms with Gasteiger partial charge in [0.1, 0.15) is 0 Å². The Morgan fingerprint density at radius 2 is 0.591 bits per heavy atom. The molecular formula is C36H30N4O4. The van der Waals surface area contributed by atoms with Gasteiger partial charge in [-0.1, -0.05) is 121 Å². The fourth-order valence-electron chi connectivity index (χ4n) is 4.87. The van der Waals surface area contributed by atoms with Crippen molar-refractivity contribution in [1.29, 1.82) is 0 Å². The summed E-state index contributed by atoms with van der Waals surface area (Å²) in [5.41, 5.74) is 13.6. The molecule has 0 saturated carbocycles. The molecule has 4 amide bonds. The van der Waals surface area contributed by atoms with Crippen molar-refractivity contribution in [2.24, 2.45) is 0 Å². The molecule has 0 aliphatic rings. The second kappa shape index (κ2) is 14.2. The fraction of sp³-hybridized carbons (Fsp3) is 0.0556. The van der Waals surface area contributed by atoms with E-state index in [2.05, 4.69) is 21.7 Å². The van der Waals surface area contributed by atoms with Gasteiger partial charge in [0.25, 0.3) is 11.8 Å². The van der Waals surface area contributed by atoms with Crippen LogP contribution in [0, 0.1) is 0 Å². The Labute approximate surface area is 255 Å². The summed E-state index contributed by atoms with van der Waals surface area (Å²) < 4.78 is 0. The predicted molar refractivity (Wildman–Crippen MR) is 167 cm³/mol. The summed E-state index contributed by atoms with van der Waals surface area (Å²) in [6.45, 7) is 0. The molecule has 0 fully saturated rings. The highest BCUT2D eigenvalue weighted by Crippen LogP contribution is 2.25. The third kappa shape index (κ3) is 7.24. The Morgan fingerprint density at radius 1 is 0.341 bits per heavy atom. The maximum atomic E-state index is 13.2. The van der Waals surface area contributed by atoms with Gasteiger partial charge in [-0.3, -0.25) is 40.9 Å². The summed E-state index contributed by atoms with van der Waals surface area (Å²) in [5.74, 6) is -3.14. The summed E-state index contributed by atoms with van der Waals surface area (Å²) in [7, 11) is 0. The third-order valence-electron chi connectivity index (χ3n) is 7.06. The van der Waals surface area contributed by atoms with Gasteiger partial charge in [-0.15, -0.1) is 0 Å². The number of amides is 4. The SMILES string of the molecule is O=C(NNC(=O)C(c1ccccc1)c1ccccc1)c1ccc(C(=O)NNC(=O)C(c2ccccc2)c2ccccc2)cc1. The lowest BCUT2D eigenvalue weighted by Gasteiger charge is -2.18. The first-order valence-electron chi connectivity index (χ1n) is 14.0. The summed E-state index contributed by atoms with van der Waals surface area (Å²) >= 11 is 0. The molecule has 0 aliphatic carbocycles. The lowest BCUT2D eigenvalue weighted by atomic mass is 9.91. The van der Waals surface area contributed by atoms with Gasteiger partial charge in [-0.2, -0.15) is 0 Å². The molecule has 0 aromatic heterocycles. The van der Waals surface area contributed by atoms with Crippen molar-refractivity contribution < 1.29 is 19.2 Å². The summed E-state index contributed by atoms with van der Waals surface area (Å²) in [6.07, 6.45) is 0. The zero-order valence-corrected chi connectivity index (χ0v) is 23.6. The first-order valence-corrected chi connectivity index (χ1v) is 14.0. The number of hydrogen-bond acceptors (Lipinski definition) is 4. The lowest BCUT2D eigenvalue weighted by molar-refractivity contribution is -0.123. The maximum absolute atomic E-state index is 13.2. The van der Waals surface area contributed by atoms with Crippen molar-refractivity contribution in [3.63, 3.8) is 0 Å². The van der Waals surface area contributed by atoms with Crippen LogP contribution in [0.3, 0.4) is 0 Å². The highest BCUT2D eigenvalue weighted by molar-refractivity contribution is 5.99. The van der Waals surface area contributed by atoms with Crippen LogP contribution in [-0.4, -0.2) is 23.6 Å². The molecule has 8 heteroatoms. The molecule has 0 atom stereocenters. The average molecular weight is 583 g/mol. The Hall–Kier alpha value is -6.02. The van der Waals surface area contributed by atoms with Crippen molar-refractivity contribution in [3.05, 3.63) is 179 Å². The molecule has 0 unspecified atom stereocenters. The van der Waals surface area contributed by atoms with Crippen molar-refractivity contribution >= 4 is 23.6 Å². The predicted octanol–water partition coefficient (Wildman–Crippen LogP) is 4.87. The van der Waals surface area contributed by atoms with E-state index < -0.39 is 35.5 Å². The number of benzene rings is 5. The van der Waals surface area contributed by atoms with Crippen LogP contribution in [-0.2, 0) is 9.59 Å². The second-order valence-electron chi connectivity index (χ2n) is 9.97. The van der Waals surface area contributed by atoms with Crippen molar-refractivity contribution in [2.75, 3.05) is 0 Å². The Bertz CT molecular complexity index is 1500. The van der Waals surface area contributed by atoms with E-state index in [0.29, 0.717) is 0 Å². The summed E-state index contributed by atoms with van der Waals surface area (Å²) in [4.78, 5) is 51.9. The molecule has 0 spiro atoms. The number of rotatable bonds is 8. The molecular weight excluding hydrogens is 552 g/mol. The minimum atomic E-state index is -0.623. The first kappa shape index (κ1) is 29.5. The number of hydrogen-bond donors (Lipinski definition) is 4. The molecule has 0 radical (unpaired) electrons. The molecule has 5 aromatic rings. The van der Waals surface area contributed by atoms with Gasteiger partial charge < -0.3 is 0 Å². The molecule has 4 N–H and O–H groups in total. The highest BCUT2D eigenvalue weighted by atomic mass is 16.2. The van der Waals surface area contributed by atoms with E-state index in [1.807, 2.05) is 121 Å². The van der Waals surface area contributed by atoms with E-state index in [9.17, 15) is 19.2 Å². The Kier molecular flexibility index (Phi) is 9.54. The Morgan fingerprint density at radius 3 is 0.841 bits per heavy atom. The molecule has 0 bridgehead atoms. The number of carbonyl (C=O) groups excluding carboxylic acids is 4. The van der Waals surface area contributed by atoms with Crippen LogP contribution in [0.15, 0.2) is 146 Å². The normalized spacial score (nSPS) is 10.6. The van der Waals surface area contributed by atoms with Gasteiger partial charge in [-0.05, 0) is 46.5 Å². The van der Waals surface area contributed by atoms with E-state index in [1.165, 1.54) is 24.3 Å². The molecule has 5 aromatic carbocycles. The van der Waals surface area contributed by atoms with Crippen molar-refractivity contribution in [1.82, 2.24) is 21.7 Å². The molecule has 0 aliphatic heterocycles. The largest absolute Gasteiger partial charge is 0.272 e. The standard InChI is InChI=1S/C36H30N4O4/c41-33(37-39-35(43)31(25-13-5-1-6-14-25)26-15-7-2-8-16-26)29-21-23-30(24-22-29)34(42)38-40-36(44)32(27-17-9-3-10-18-27)28-19-11-4-12-20-28/h1-24,31-32H,(H,37,41)(H,38,42)(H,39,43)(H,40,44). The molecule has 5 rings (SSSR count). The van der Waals surface area contributed by atoms with Crippen LogP contribution >= 0.6 is 0 Å². The van der Waals surface area contributed by atoms with Crippen LogP contribution < -0.4 is 21.7 Å². The Balaban J connectivity index is 1.19. The molecule has 218 valence electrons. The van der Waals surface area contributed by atoms with Crippen LogP contribution in [0.25, 0.3) is 0 Å². The average Bonchev–Trinajstić information content (AvgIpc) is 3.08. The van der Waals surface area contributed by atoms with Crippen molar-refractivity contribution in [3.8, 4) is 0 Å². The smallest absolute Gasteiger partial charge is 0.269 e.